The van der Waals surface area contributed by atoms with E-state index in [0.717, 1.165) is 17.0 Å². The van der Waals surface area contributed by atoms with Gasteiger partial charge in [0.2, 0.25) is 5.95 Å². The molecule has 0 aliphatic carbocycles. The van der Waals surface area contributed by atoms with Crippen LogP contribution in [0.25, 0.3) is 0 Å². The van der Waals surface area contributed by atoms with Crippen molar-refractivity contribution in [1.29, 1.82) is 0 Å². The number of benzene rings is 1. The molecular formula is C17H19N7O2. The number of nitrogens with two attached hydrogens (primary N) is 1. The van der Waals surface area contributed by atoms with Gasteiger partial charge < -0.3 is 21.1 Å². The maximum atomic E-state index is 11.7. The summed E-state index contributed by atoms with van der Waals surface area (Å²) >= 11 is 0. The summed E-state index contributed by atoms with van der Waals surface area (Å²) in [5.41, 5.74) is 7.29. The van der Waals surface area contributed by atoms with E-state index in [2.05, 4.69) is 25.7 Å². The fourth-order valence-corrected chi connectivity index (χ4v) is 2.40. The second-order valence-corrected chi connectivity index (χ2v) is 5.51. The van der Waals surface area contributed by atoms with Crippen LogP contribution in [0.1, 0.15) is 15.9 Å². The Hall–Kier alpha value is -3.62. The average Bonchev–Trinajstić information content (AvgIpc) is 3.04. The summed E-state index contributed by atoms with van der Waals surface area (Å²) in [5.74, 6) is 0.791. The third kappa shape index (κ3) is 3.89. The number of nitrogens with zero attached hydrogens (tertiary/aromatic N) is 4. The number of anilines is 3. The van der Waals surface area contributed by atoms with Crippen LogP contribution < -0.4 is 21.1 Å². The molecule has 3 aromatic rings. The van der Waals surface area contributed by atoms with Crippen molar-refractivity contribution in [2.75, 3.05) is 17.7 Å². The quantitative estimate of drug-likeness (QED) is 0.591. The van der Waals surface area contributed by atoms with Crippen molar-refractivity contribution in [3.8, 4) is 5.75 Å². The normalized spacial score (nSPS) is 10.4. The van der Waals surface area contributed by atoms with Crippen LogP contribution in [0.2, 0.25) is 0 Å². The van der Waals surface area contributed by atoms with Gasteiger partial charge in [-0.1, -0.05) is 18.2 Å². The van der Waals surface area contributed by atoms with Crippen molar-refractivity contribution in [1.82, 2.24) is 19.7 Å². The van der Waals surface area contributed by atoms with E-state index >= 15 is 0 Å². The lowest BCUT2D eigenvalue weighted by Crippen LogP contribution is -2.17. The molecule has 9 nitrogen and oxygen atoms in total. The zero-order valence-corrected chi connectivity index (χ0v) is 14.4. The third-order valence-corrected chi connectivity index (χ3v) is 3.65. The van der Waals surface area contributed by atoms with Gasteiger partial charge in [-0.3, -0.25) is 9.48 Å². The second kappa shape index (κ2) is 7.51. The van der Waals surface area contributed by atoms with Gasteiger partial charge in [0.1, 0.15) is 11.6 Å². The molecule has 2 heterocycles. The van der Waals surface area contributed by atoms with Gasteiger partial charge >= 0.3 is 0 Å². The molecule has 0 atom stereocenters. The van der Waals surface area contributed by atoms with Gasteiger partial charge in [-0.05, 0) is 6.07 Å². The third-order valence-electron chi connectivity index (χ3n) is 3.65. The molecule has 0 fully saturated rings. The summed E-state index contributed by atoms with van der Waals surface area (Å²) in [6.07, 6.45) is 4.82. The molecule has 0 saturated heterocycles. The van der Waals surface area contributed by atoms with Crippen molar-refractivity contribution >= 4 is 23.4 Å². The van der Waals surface area contributed by atoms with Crippen LogP contribution in [-0.4, -0.2) is 32.8 Å². The molecule has 4 N–H and O–H groups in total. The Kier molecular flexibility index (Phi) is 4.97. The van der Waals surface area contributed by atoms with Crippen molar-refractivity contribution in [3.63, 3.8) is 0 Å². The van der Waals surface area contributed by atoms with Gasteiger partial charge in [-0.25, -0.2) is 4.98 Å². The number of hydrogen-bond acceptors (Lipinski definition) is 7. The minimum Gasteiger partial charge on any atom is -0.496 e. The van der Waals surface area contributed by atoms with Crippen LogP contribution in [0.4, 0.5) is 17.5 Å². The highest BCUT2D eigenvalue weighted by Crippen LogP contribution is 2.21. The van der Waals surface area contributed by atoms with E-state index in [1.807, 2.05) is 31.3 Å². The SMILES string of the molecule is COc1ccccc1CNc1nc(Nc2cnn(C)c2)ncc1C(N)=O. The van der Waals surface area contributed by atoms with Crippen LogP contribution in [-0.2, 0) is 13.6 Å². The number of carbonyl (C=O) groups is 1. The average molecular weight is 353 g/mol. The Bertz CT molecular complexity index is 923. The van der Waals surface area contributed by atoms with Crippen molar-refractivity contribution in [2.24, 2.45) is 12.8 Å². The number of para-hydroxylation sites is 1. The number of amides is 1. The number of aromatic nitrogens is 4. The zero-order valence-electron chi connectivity index (χ0n) is 14.4. The fraction of sp³-hybridized carbons (Fsp3) is 0.176. The molecule has 2 aromatic heterocycles. The second-order valence-electron chi connectivity index (χ2n) is 5.51. The maximum absolute atomic E-state index is 11.7. The van der Waals surface area contributed by atoms with E-state index in [0.29, 0.717) is 18.3 Å². The zero-order chi connectivity index (χ0) is 18.5. The molecule has 0 saturated carbocycles. The van der Waals surface area contributed by atoms with E-state index in [1.54, 1.807) is 24.2 Å². The van der Waals surface area contributed by atoms with Gasteiger partial charge in [0.15, 0.2) is 0 Å². The monoisotopic (exact) mass is 353 g/mol. The maximum Gasteiger partial charge on any atom is 0.254 e. The number of ether oxygens (including phenoxy) is 1. The standard InChI is InChI=1S/C17H19N7O2/c1-24-10-12(8-21-24)22-17-20-9-13(15(18)25)16(23-17)19-7-11-5-3-4-6-14(11)26-2/h3-6,8-10H,7H2,1-2H3,(H2,18,25)(H2,19,20,22,23). The lowest BCUT2D eigenvalue weighted by atomic mass is 10.2. The highest BCUT2D eigenvalue weighted by Gasteiger charge is 2.13. The number of rotatable bonds is 7. The van der Waals surface area contributed by atoms with Gasteiger partial charge in [-0.15, -0.1) is 0 Å². The summed E-state index contributed by atoms with van der Waals surface area (Å²) < 4.78 is 6.98. The number of aryl methyl sites for hydroxylation is 1. The fourth-order valence-electron chi connectivity index (χ4n) is 2.40. The lowest BCUT2D eigenvalue weighted by molar-refractivity contribution is 0.100. The Morgan fingerprint density at radius 2 is 2.12 bits per heavy atom. The predicted molar refractivity (Wildman–Crippen MR) is 97.4 cm³/mol. The summed E-state index contributed by atoms with van der Waals surface area (Å²) in [4.78, 5) is 20.2. The molecule has 3 rings (SSSR count). The molecule has 9 heteroatoms. The lowest BCUT2D eigenvalue weighted by Gasteiger charge is -2.12. The first kappa shape index (κ1) is 17.2. The van der Waals surface area contributed by atoms with Crippen LogP contribution in [0.5, 0.6) is 5.75 Å². The van der Waals surface area contributed by atoms with E-state index in [4.69, 9.17) is 10.5 Å². The van der Waals surface area contributed by atoms with Crippen molar-refractivity contribution in [2.45, 2.75) is 6.54 Å². The minimum atomic E-state index is -0.611. The Morgan fingerprint density at radius 3 is 2.81 bits per heavy atom. The van der Waals surface area contributed by atoms with Crippen LogP contribution in [0.15, 0.2) is 42.9 Å². The number of hydrogen-bond donors (Lipinski definition) is 3. The molecular weight excluding hydrogens is 334 g/mol. The minimum absolute atomic E-state index is 0.205. The van der Waals surface area contributed by atoms with E-state index < -0.39 is 5.91 Å². The highest BCUT2D eigenvalue weighted by molar-refractivity contribution is 5.97. The first-order valence-corrected chi connectivity index (χ1v) is 7.85. The van der Waals surface area contributed by atoms with Gasteiger partial charge in [0.05, 0.1) is 24.6 Å². The molecule has 1 amide bonds. The van der Waals surface area contributed by atoms with Crippen LogP contribution in [0.3, 0.4) is 0 Å². The van der Waals surface area contributed by atoms with Crippen LogP contribution in [0, 0.1) is 0 Å². The molecule has 1 aromatic carbocycles. The number of methoxy groups -OCH3 is 1. The van der Waals surface area contributed by atoms with E-state index in [1.165, 1.54) is 6.20 Å². The molecule has 134 valence electrons. The molecule has 0 unspecified atom stereocenters. The Labute approximate surface area is 150 Å². The molecule has 0 bridgehead atoms. The predicted octanol–water partition coefficient (Wildman–Crippen LogP) is 1.67. The van der Waals surface area contributed by atoms with E-state index in [-0.39, 0.29) is 5.56 Å². The van der Waals surface area contributed by atoms with Crippen molar-refractivity contribution in [3.05, 3.63) is 54.0 Å². The highest BCUT2D eigenvalue weighted by atomic mass is 16.5. The van der Waals surface area contributed by atoms with Crippen LogP contribution >= 0.6 is 0 Å². The summed E-state index contributed by atoms with van der Waals surface area (Å²) in [5, 5.41) is 10.2. The first-order valence-electron chi connectivity index (χ1n) is 7.85. The summed E-state index contributed by atoms with van der Waals surface area (Å²) in [6.45, 7) is 0.410. The Balaban J connectivity index is 1.83. The molecule has 26 heavy (non-hydrogen) atoms. The number of carbonyl (C=O) groups excluding carboxylic acids is 1. The number of nitrogens with one attached hydrogen (secondary N) is 2. The number of primary amides is 1. The summed E-state index contributed by atoms with van der Waals surface area (Å²) in [7, 11) is 3.41. The Morgan fingerprint density at radius 1 is 1.31 bits per heavy atom. The van der Waals surface area contributed by atoms with E-state index in [9.17, 15) is 4.79 Å². The van der Waals surface area contributed by atoms with Gasteiger partial charge in [-0.2, -0.15) is 10.1 Å². The molecule has 0 spiro atoms. The summed E-state index contributed by atoms with van der Waals surface area (Å²) in [6, 6.07) is 7.58. The largest absolute Gasteiger partial charge is 0.496 e. The molecule has 0 radical (unpaired) electrons. The topological polar surface area (TPSA) is 120 Å². The molecule has 0 aliphatic rings. The van der Waals surface area contributed by atoms with Gasteiger partial charge in [0.25, 0.3) is 5.91 Å². The molecule has 0 aliphatic heterocycles. The van der Waals surface area contributed by atoms with Crippen molar-refractivity contribution < 1.29 is 9.53 Å². The van der Waals surface area contributed by atoms with Gasteiger partial charge in [0, 0.05) is 31.5 Å². The smallest absolute Gasteiger partial charge is 0.254 e. The first-order chi connectivity index (χ1) is 12.6.